The van der Waals surface area contributed by atoms with Gasteiger partial charge < -0.3 is 4.74 Å². The van der Waals surface area contributed by atoms with E-state index < -0.39 is 0 Å². The third kappa shape index (κ3) is 8.92. The van der Waals surface area contributed by atoms with Crippen LogP contribution in [-0.2, 0) is 6.42 Å². The quantitative estimate of drug-likeness (QED) is 0.279. The number of nitrogens with zero attached hydrogens (tertiary/aromatic N) is 2. The molecule has 1 aliphatic rings. The Kier molecular flexibility index (Phi) is 11.0. The lowest BCUT2D eigenvalue weighted by atomic mass is 9.81. The van der Waals surface area contributed by atoms with Gasteiger partial charge in [-0.1, -0.05) is 78.1 Å². The summed E-state index contributed by atoms with van der Waals surface area (Å²) < 4.78 is 5.97. The molecule has 3 heteroatoms. The average molecular weight is 437 g/mol. The molecule has 0 bridgehead atoms. The van der Waals surface area contributed by atoms with Gasteiger partial charge in [0.05, 0.1) is 6.61 Å². The lowest BCUT2D eigenvalue weighted by Crippen LogP contribution is -2.13. The van der Waals surface area contributed by atoms with Crippen molar-refractivity contribution in [3.63, 3.8) is 0 Å². The minimum absolute atomic E-state index is 0.798. The normalized spacial score (nSPS) is 18.6. The van der Waals surface area contributed by atoms with Crippen LogP contribution in [0.2, 0.25) is 0 Å². The Balaban J connectivity index is 1.33. The molecule has 0 radical (unpaired) electrons. The Labute approximate surface area is 196 Å². The van der Waals surface area contributed by atoms with Crippen LogP contribution in [-0.4, -0.2) is 16.6 Å². The monoisotopic (exact) mass is 436 g/mol. The molecule has 3 rings (SSSR count). The van der Waals surface area contributed by atoms with E-state index in [9.17, 15) is 0 Å². The number of benzene rings is 1. The predicted octanol–water partition coefficient (Wildman–Crippen LogP) is 8.42. The highest BCUT2D eigenvalue weighted by Crippen LogP contribution is 2.31. The van der Waals surface area contributed by atoms with Crippen LogP contribution in [0.4, 0.5) is 0 Å². The van der Waals surface area contributed by atoms with Gasteiger partial charge in [-0.3, -0.25) is 0 Å². The third-order valence-electron chi connectivity index (χ3n) is 7.05. The Morgan fingerprint density at radius 1 is 0.812 bits per heavy atom. The molecular formula is C29H44N2O. The molecule has 32 heavy (non-hydrogen) atoms. The molecule has 1 aliphatic carbocycles. The van der Waals surface area contributed by atoms with E-state index in [-0.39, 0.29) is 0 Å². The Morgan fingerprint density at radius 2 is 1.47 bits per heavy atom. The van der Waals surface area contributed by atoms with Crippen molar-refractivity contribution in [3.05, 3.63) is 42.2 Å². The van der Waals surface area contributed by atoms with Crippen LogP contribution in [0.15, 0.2) is 36.7 Å². The van der Waals surface area contributed by atoms with Crippen LogP contribution in [0, 0.1) is 11.8 Å². The fourth-order valence-electron chi connectivity index (χ4n) is 4.80. The van der Waals surface area contributed by atoms with Gasteiger partial charge in [-0.25, -0.2) is 9.97 Å². The summed E-state index contributed by atoms with van der Waals surface area (Å²) in [6.07, 6.45) is 22.6. The second kappa shape index (κ2) is 14.3. The molecule has 0 aliphatic heterocycles. The highest BCUT2D eigenvalue weighted by Gasteiger charge is 2.17. The first-order chi connectivity index (χ1) is 15.7. The maximum absolute atomic E-state index is 5.97. The number of aryl methyl sites for hydroxylation is 1. The smallest absolute Gasteiger partial charge is 0.159 e. The lowest BCUT2D eigenvalue weighted by Gasteiger charge is -2.25. The molecule has 0 amide bonds. The van der Waals surface area contributed by atoms with Gasteiger partial charge in [-0.05, 0) is 67.3 Å². The van der Waals surface area contributed by atoms with Crippen molar-refractivity contribution in [1.29, 1.82) is 0 Å². The largest absolute Gasteiger partial charge is 0.494 e. The highest BCUT2D eigenvalue weighted by atomic mass is 16.5. The van der Waals surface area contributed by atoms with Crippen molar-refractivity contribution in [1.82, 2.24) is 9.97 Å². The topological polar surface area (TPSA) is 35.0 Å². The molecule has 3 nitrogen and oxygen atoms in total. The van der Waals surface area contributed by atoms with Gasteiger partial charge in [0.25, 0.3) is 0 Å². The number of aromatic nitrogens is 2. The Bertz CT molecular complexity index is 733. The molecule has 0 atom stereocenters. The van der Waals surface area contributed by atoms with E-state index in [2.05, 4.69) is 35.9 Å². The molecule has 1 aromatic heterocycles. The zero-order chi connectivity index (χ0) is 22.4. The lowest BCUT2D eigenvalue weighted by molar-refractivity contribution is 0.245. The van der Waals surface area contributed by atoms with Gasteiger partial charge in [0.15, 0.2) is 5.82 Å². The van der Waals surface area contributed by atoms with Crippen LogP contribution in [0.3, 0.4) is 0 Å². The van der Waals surface area contributed by atoms with E-state index in [1.165, 1.54) is 82.6 Å². The summed E-state index contributed by atoms with van der Waals surface area (Å²) in [6, 6.07) is 8.24. The van der Waals surface area contributed by atoms with Crippen LogP contribution < -0.4 is 4.74 Å². The van der Waals surface area contributed by atoms with Gasteiger partial charge in [0, 0.05) is 18.0 Å². The Hall–Kier alpha value is -1.90. The van der Waals surface area contributed by atoms with Crippen molar-refractivity contribution in [3.8, 4) is 17.1 Å². The molecule has 0 unspecified atom stereocenters. The first-order valence-electron chi connectivity index (χ1n) is 13.3. The van der Waals surface area contributed by atoms with Gasteiger partial charge in [-0.15, -0.1) is 0 Å². The summed E-state index contributed by atoms with van der Waals surface area (Å²) in [6.45, 7) is 5.47. The SMILES string of the molecule is CCCCCCCCCc1cnc(-c2ccc(OCCC[C@H]3CC[C@H](C)CC3)cc2)nc1. The van der Waals surface area contributed by atoms with Gasteiger partial charge >= 0.3 is 0 Å². The van der Waals surface area contributed by atoms with Gasteiger partial charge in [0.1, 0.15) is 5.75 Å². The summed E-state index contributed by atoms with van der Waals surface area (Å²) in [5, 5.41) is 0. The van der Waals surface area contributed by atoms with E-state index in [0.717, 1.165) is 48.4 Å². The fourth-order valence-corrected chi connectivity index (χ4v) is 4.80. The molecule has 176 valence electrons. The van der Waals surface area contributed by atoms with Crippen LogP contribution in [0.5, 0.6) is 5.75 Å². The number of hydrogen-bond donors (Lipinski definition) is 0. The van der Waals surface area contributed by atoms with E-state index in [1.54, 1.807) is 0 Å². The molecule has 0 saturated heterocycles. The van der Waals surface area contributed by atoms with Gasteiger partial charge in [0.2, 0.25) is 0 Å². The minimum Gasteiger partial charge on any atom is -0.494 e. The molecule has 1 aromatic carbocycles. The van der Waals surface area contributed by atoms with E-state index in [0.29, 0.717) is 0 Å². The third-order valence-corrected chi connectivity index (χ3v) is 7.05. The summed E-state index contributed by atoms with van der Waals surface area (Å²) in [5.74, 6) is 3.60. The number of hydrogen-bond acceptors (Lipinski definition) is 3. The second-order valence-electron chi connectivity index (χ2n) is 9.93. The van der Waals surface area contributed by atoms with Gasteiger partial charge in [-0.2, -0.15) is 0 Å². The fraction of sp³-hybridized carbons (Fsp3) is 0.655. The standard InChI is InChI=1S/C29H44N2O/c1-3-4-5-6-7-8-9-11-26-22-30-29(31-23-26)27-17-19-28(20-18-27)32-21-10-12-25-15-13-24(2)14-16-25/h17-20,22-25H,3-16,21H2,1-2H3/t24-,25-. The van der Waals surface area contributed by atoms with Crippen molar-refractivity contribution >= 4 is 0 Å². The summed E-state index contributed by atoms with van der Waals surface area (Å²) in [4.78, 5) is 9.20. The zero-order valence-electron chi connectivity index (χ0n) is 20.5. The molecule has 1 fully saturated rings. The molecule has 0 N–H and O–H groups in total. The average Bonchev–Trinajstić information content (AvgIpc) is 2.83. The molecule has 2 aromatic rings. The van der Waals surface area contributed by atoms with E-state index in [4.69, 9.17) is 4.74 Å². The van der Waals surface area contributed by atoms with Crippen LogP contribution >= 0.6 is 0 Å². The molecule has 0 spiro atoms. The summed E-state index contributed by atoms with van der Waals surface area (Å²) >= 11 is 0. The van der Waals surface area contributed by atoms with Crippen molar-refractivity contribution in [2.45, 2.75) is 104 Å². The van der Waals surface area contributed by atoms with Crippen LogP contribution in [0.1, 0.15) is 103 Å². The maximum atomic E-state index is 5.97. The predicted molar refractivity (Wildman–Crippen MR) is 135 cm³/mol. The van der Waals surface area contributed by atoms with E-state index >= 15 is 0 Å². The molecule has 1 saturated carbocycles. The van der Waals surface area contributed by atoms with Crippen molar-refractivity contribution in [2.24, 2.45) is 11.8 Å². The van der Waals surface area contributed by atoms with Crippen LogP contribution in [0.25, 0.3) is 11.4 Å². The van der Waals surface area contributed by atoms with Crippen molar-refractivity contribution < 1.29 is 4.74 Å². The zero-order valence-corrected chi connectivity index (χ0v) is 20.5. The second-order valence-corrected chi connectivity index (χ2v) is 9.93. The first kappa shape index (κ1) is 24.7. The molecular weight excluding hydrogens is 392 g/mol. The summed E-state index contributed by atoms with van der Waals surface area (Å²) in [5.41, 5.74) is 2.30. The highest BCUT2D eigenvalue weighted by molar-refractivity contribution is 5.55. The first-order valence-corrected chi connectivity index (χ1v) is 13.3. The maximum Gasteiger partial charge on any atom is 0.159 e. The molecule has 1 heterocycles. The Morgan fingerprint density at radius 3 is 2.16 bits per heavy atom. The minimum atomic E-state index is 0.798. The summed E-state index contributed by atoms with van der Waals surface area (Å²) in [7, 11) is 0. The van der Waals surface area contributed by atoms with Crippen molar-refractivity contribution in [2.75, 3.05) is 6.61 Å². The number of ether oxygens (including phenoxy) is 1. The number of rotatable bonds is 14. The number of unbranched alkanes of at least 4 members (excludes halogenated alkanes) is 6. The van der Waals surface area contributed by atoms with E-state index in [1.807, 2.05) is 24.5 Å².